The molecule has 0 bridgehead atoms. The van der Waals surface area contributed by atoms with E-state index in [2.05, 4.69) is 10.6 Å². The first-order chi connectivity index (χ1) is 14.7. The molecule has 6 nitrogen and oxygen atoms in total. The number of thiocarbonyl (C=S) groups is 1. The largest absolute Gasteiger partial charge is 0.496 e. The van der Waals surface area contributed by atoms with E-state index in [9.17, 15) is 18.0 Å². The number of methoxy groups -OCH3 is 2. The van der Waals surface area contributed by atoms with Crippen LogP contribution in [-0.2, 0) is 6.18 Å². The van der Waals surface area contributed by atoms with Gasteiger partial charge >= 0.3 is 6.18 Å². The summed E-state index contributed by atoms with van der Waals surface area (Å²) < 4.78 is 50.1. The van der Waals surface area contributed by atoms with E-state index >= 15 is 0 Å². The first kappa shape index (κ1) is 22.7. The van der Waals surface area contributed by atoms with Crippen molar-refractivity contribution in [3.8, 4) is 11.5 Å². The lowest BCUT2D eigenvalue weighted by Gasteiger charge is -2.23. The van der Waals surface area contributed by atoms with Crippen molar-refractivity contribution >= 4 is 34.6 Å². The van der Waals surface area contributed by atoms with Crippen LogP contribution in [0.25, 0.3) is 0 Å². The van der Waals surface area contributed by atoms with Crippen molar-refractivity contribution in [2.45, 2.75) is 19.0 Å². The summed E-state index contributed by atoms with van der Waals surface area (Å²) in [4.78, 5) is 14.8. The Morgan fingerprint density at radius 3 is 2.23 bits per heavy atom. The molecule has 10 heteroatoms. The molecule has 0 spiro atoms. The van der Waals surface area contributed by atoms with Crippen molar-refractivity contribution in [1.29, 1.82) is 0 Å². The Hall–Kier alpha value is -3.01. The maximum atomic E-state index is 13.2. The van der Waals surface area contributed by atoms with Crippen LogP contribution in [0.5, 0.6) is 11.5 Å². The number of nitrogens with zero attached hydrogens (tertiary/aromatic N) is 1. The van der Waals surface area contributed by atoms with Gasteiger partial charge in [-0.3, -0.25) is 10.1 Å². The Bertz CT molecular complexity index is 954. The lowest BCUT2D eigenvalue weighted by atomic mass is 10.1. The van der Waals surface area contributed by atoms with Gasteiger partial charge in [0.1, 0.15) is 17.1 Å². The van der Waals surface area contributed by atoms with Crippen LogP contribution in [-0.4, -0.2) is 38.3 Å². The molecule has 1 heterocycles. The molecule has 1 amide bonds. The second kappa shape index (κ2) is 9.42. The van der Waals surface area contributed by atoms with Crippen molar-refractivity contribution in [2.75, 3.05) is 37.5 Å². The summed E-state index contributed by atoms with van der Waals surface area (Å²) in [6.45, 7) is 1.47. The van der Waals surface area contributed by atoms with Crippen LogP contribution in [0.3, 0.4) is 0 Å². The van der Waals surface area contributed by atoms with Crippen LogP contribution in [0.15, 0.2) is 36.4 Å². The summed E-state index contributed by atoms with van der Waals surface area (Å²) in [6, 6.07) is 8.30. The highest BCUT2D eigenvalue weighted by Gasteiger charge is 2.32. The van der Waals surface area contributed by atoms with Crippen LogP contribution >= 0.6 is 12.2 Å². The molecule has 0 aromatic heterocycles. The molecule has 2 N–H and O–H groups in total. The molecule has 3 rings (SSSR count). The fraction of sp³-hybridized carbons (Fsp3) is 0.333. The smallest absolute Gasteiger partial charge is 0.416 e. The summed E-state index contributed by atoms with van der Waals surface area (Å²) in [5.74, 6) is -0.0607. The molecule has 166 valence electrons. The number of nitrogens with one attached hydrogen (secondary N) is 2. The van der Waals surface area contributed by atoms with Gasteiger partial charge in [-0.05, 0) is 55.4 Å². The van der Waals surface area contributed by atoms with Crippen LogP contribution < -0.4 is 25.0 Å². The number of rotatable bonds is 5. The molecular formula is C21H22F3N3O3S. The van der Waals surface area contributed by atoms with Crippen LogP contribution in [0, 0.1) is 0 Å². The number of ether oxygens (including phenoxy) is 2. The van der Waals surface area contributed by atoms with Crippen molar-refractivity contribution < 1.29 is 27.4 Å². The molecule has 2 aromatic carbocycles. The molecule has 0 aliphatic carbocycles. The highest BCUT2D eigenvalue weighted by molar-refractivity contribution is 7.80. The zero-order valence-corrected chi connectivity index (χ0v) is 17.8. The number of hydrogen-bond acceptors (Lipinski definition) is 5. The number of anilines is 2. The number of carbonyl (C=O) groups excluding carboxylic acids is 1. The molecule has 0 radical (unpaired) electrons. The SMILES string of the molecule is COc1cccc(OC)c1C(=O)NC(=S)Nc1cc(C(F)(F)F)ccc1N1CCCC1. The lowest BCUT2D eigenvalue weighted by molar-refractivity contribution is -0.137. The monoisotopic (exact) mass is 453 g/mol. The summed E-state index contributed by atoms with van der Waals surface area (Å²) in [7, 11) is 2.82. The predicted octanol–water partition coefficient (Wildman–Crippen LogP) is 4.45. The average molecular weight is 453 g/mol. The van der Waals surface area contributed by atoms with Gasteiger partial charge in [-0.15, -0.1) is 0 Å². The van der Waals surface area contributed by atoms with Gasteiger partial charge in [0.15, 0.2) is 5.11 Å². The topological polar surface area (TPSA) is 62.8 Å². The first-order valence-electron chi connectivity index (χ1n) is 9.54. The third-order valence-corrected chi connectivity index (χ3v) is 5.10. The van der Waals surface area contributed by atoms with Crippen molar-refractivity contribution in [3.05, 3.63) is 47.5 Å². The molecule has 1 aliphatic heterocycles. The maximum absolute atomic E-state index is 13.2. The van der Waals surface area contributed by atoms with Gasteiger partial charge in [-0.2, -0.15) is 13.2 Å². The molecule has 1 aliphatic rings. The molecule has 0 atom stereocenters. The Morgan fingerprint density at radius 2 is 1.68 bits per heavy atom. The van der Waals surface area contributed by atoms with E-state index in [0.29, 0.717) is 5.69 Å². The maximum Gasteiger partial charge on any atom is 0.416 e. The highest BCUT2D eigenvalue weighted by Crippen LogP contribution is 2.36. The third kappa shape index (κ3) is 5.19. The number of halogens is 3. The number of benzene rings is 2. The van der Waals surface area contributed by atoms with Crippen LogP contribution in [0.1, 0.15) is 28.8 Å². The van der Waals surface area contributed by atoms with E-state index in [1.54, 1.807) is 18.2 Å². The van der Waals surface area contributed by atoms with E-state index in [4.69, 9.17) is 21.7 Å². The van der Waals surface area contributed by atoms with E-state index in [1.165, 1.54) is 20.3 Å². The van der Waals surface area contributed by atoms with Gasteiger partial charge in [0, 0.05) is 13.1 Å². The van der Waals surface area contributed by atoms with Gasteiger partial charge in [0.25, 0.3) is 5.91 Å². The fourth-order valence-corrected chi connectivity index (χ4v) is 3.64. The van der Waals surface area contributed by atoms with E-state index in [-0.39, 0.29) is 27.9 Å². The molecule has 1 fully saturated rings. The Kier molecular flexibility index (Phi) is 6.89. The van der Waals surface area contributed by atoms with Gasteiger partial charge < -0.3 is 19.7 Å². The number of amides is 1. The average Bonchev–Trinajstić information content (AvgIpc) is 3.26. The summed E-state index contributed by atoms with van der Waals surface area (Å²) >= 11 is 5.22. The first-order valence-corrected chi connectivity index (χ1v) is 9.95. The molecule has 0 saturated carbocycles. The van der Waals surface area contributed by atoms with Crippen molar-refractivity contribution in [1.82, 2.24) is 5.32 Å². The predicted molar refractivity (Wildman–Crippen MR) is 116 cm³/mol. The minimum atomic E-state index is -4.50. The van der Waals surface area contributed by atoms with Crippen LogP contribution in [0.4, 0.5) is 24.5 Å². The zero-order valence-electron chi connectivity index (χ0n) is 17.0. The van der Waals surface area contributed by atoms with Crippen LogP contribution in [0.2, 0.25) is 0 Å². The minimum Gasteiger partial charge on any atom is -0.496 e. The fourth-order valence-electron chi connectivity index (χ4n) is 3.44. The Morgan fingerprint density at radius 1 is 1.06 bits per heavy atom. The summed E-state index contributed by atoms with van der Waals surface area (Å²) in [6.07, 6.45) is -2.60. The summed E-state index contributed by atoms with van der Waals surface area (Å²) in [5.41, 5.74) is 0.0879. The Balaban J connectivity index is 1.85. The van der Waals surface area contributed by atoms with Gasteiger partial charge in [0.05, 0.1) is 31.2 Å². The minimum absolute atomic E-state index is 0.125. The third-order valence-electron chi connectivity index (χ3n) is 4.90. The van der Waals surface area contributed by atoms with E-state index in [0.717, 1.165) is 38.1 Å². The number of hydrogen-bond donors (Lipinski definition) is 2. The molecule has 0 unspecified atom stereocenters. The number of carbonyl (C=O) groups is 1. The quantitative estimate of drug-likeness (QED) is 0.653. The number of alkyl halides is 3. The molecular weight excluding hydrogens is 431 g/mol. The van der Waals surface area contributed by atoms with Gasteiger partial charge in [-0.25, -0.2) is 0 Å². The van der Waals surface area contributed by atoms with Crippen molar-refractivity contribution in [2.24, 2.45) is 0 Å². The second-order valence-electron chi connectivity index (χ2n) is 6.87. The van der Waals surface area contributed by atoms with E-state index in [1.807, 2.05) is 4.90 Å². The molecule has 2 aromatic rings. The summed E-state index contributed by atoms with van der Waals surface area (Å²) in [5, 5.41) is 5.10. The van der Waals surface area contributed by atoms with Gasteiger partial charge in [0.2, 0.25) is 0 Å². The zero-order chi connectivity index (χ0) is 22.6. The Labute approximate surface area is 183 Å². The van der Waals surface area contributed by atoms with Crippen molar-refractivity contribution in [3.63, 3.8) is 0 Å². The molecule has 31 heavy (non-hydrogen) atoms. The second-order valence-corrected chi connectivity index (χ2v) is 7.28. The lowest BCUT2D eigenvalue weighted by Crippen LogP contribution is -2.35. The van der Waals surface area contributed by atoms with E-state index < -0.39 is 17.6 Å². The normalized spacial score (nSPS) is 13.6. The standard InChI is InChI=1S/C21H22F3N3O3S/c1-29-16-6-5-7-17(30-2)18(16)19(28)26-20(31)25-14-12-13(21(22,23)24)8-9-15(14)27-10-3-4-11-27/h5-9,12H,3-4,10-11H2,1-2H3,(H2,25,26,28,31). The highest BCUT2D eigenvalue weighted by atomic mass is 32.1. The van der Waals surface area contributed by atoms with Gasteiger partial charge in [-0.1, -0.05) is 6.07 Å². The molecule has 1 saturated heterocycles.